The van der Waals surface area contributed by atoms with Crippen molar-refractivity contribution >= 4 is 8.07 Å². The van der Waals surface area contributed by atoms with Gasteiger partial charge in [0.25, 0.3) is 0 Å². The second-order valence-electron chi connectivity index (χ2n) is 13.5. The predicted molar refractivity (Wildman–Crippen MR) is 153 cm³/mol. The maximum Gasteiger partial charge on any atom is 0.174 e. The highest BCUT2D eigenvalue weighted by Crippen LogP contribution is 2.65. The third-order valence-electron chi connectivity index (χ3n) is 9.58. The van der Waals surface area contributed by atoms with E-state index >= 15 is 0 Å². The van der Waals surface area contributed by atoms with E-state index < -0.39 is 13.9 Å². The Labute approximate surface area is 230 Å². The van der Waals surface area contributed by atoms with Gasteiger partial charge in [0.15, 0.2) is 5.79 Å². The third kappa shape index (κ3) is 5.57. The van der Waals surface area contributed by atoms with Gasteiger partial charge in [0.1, 0.15) is 13.4 Å². The maximum atomic E-state index is 6.66. The molecule has 1 aliphatic heterocycles. The third-order valence-corrected chi connectivity index (χ3v) is 11.3. The second kappa shape index (κ2) is 11.2. The average Bonchev–Trinajstić information content (AvgIpc) is 3.47. The van der Waals surface area contributed by atoms with Crippen molar-refractivity contribution in [2.45, 2.75) is 96.6 Å². The fourth-order valence-corrected chi connectivity index (χ4v) is 8.25. The van der Waals surface area contributed by atoms with Crippen molar-refractivity contribution in [2.75, 3.05) is 26.6 Å². The molecule has 0 N–H and O–H groups in total. The molecule has 1 aromatic rings. The molecule has 5 rings (SSSR count). The molecular weight excluding hydrogens is 492 g/mol. The zero-order valence-electron chi connectivity index (χ0n) is 24.2. The molecule has 1 saturated heterocycles. The Morgan fingerprint density at radius 2 is 1.82 bits per heavy atom. The van der Waals surface area contributed by atoms with E-state index in [1.807, 2.05) is 12.3 Å². The molecule has 2 fully saturated rings. The SMILES string of the molecule is C[C@]1(/C=C/OCc2ccccc2)CCCC2=C1[C@@H](OCOCC[Si](C)(C)C)C[C@@]1(C)[C@H]2CCC12OCCO2. The monoisotopic (exact) mass is 540 g/mol. The standard InChI is InChI=1S/C32H48O5Si/c1-30(16-17-33-23-25-10-7-6-8-11-25)14-9-12-26-27-13-15-32(36-18-19-37-32)31(27,2)22-28(29(26)30)35-24-34-20-21-38(3,4)5/h6-8,10-11,16-17,27-28H,9,12-15,18-24H2,1-5H3/b17-16+/t27-,28-,30+,31-/m0/s1. The van der Waals surface area contributed by atoms with E-state index in [4.69, 9.17) is 23.7 Å². The topological polar surface area (TPSA) is 46.2 Å². The Balaban J connectivity index is 1.38. The van der Waals surface area contributed by atoms with E-state index in [-0.39, 0.29) is 16.9 Å². The van der Waals surface area contributed by atoms with Gasteiger partial charge in [-0.05, 0) is 61.3 Å². The van der Waals surface area contributed by atoms with E-state index in [9.17, 15) is 0 Å². The van der Waals surface area contributed by atoms with Gasteiger partial charge < -0.3 is 23.7 Å². The first kappa shape index (κ1) is 28.1. The summed E-state index contributed by atoms with van der Waals surface area (Å²) in [7, 11) is -1.14. The molecule has 0 radical (unpaired) electrons. The summed E-state index contributed by atoms with van der Waals surface area (Å²) in [6, 6.07) is 11.5. The molecule has 210 valence electrons. The first-order chi connectivity index (χ1) is 18.2. The second-order valence-corrected chi connectivity index (χ2v) is 19.1. The molecule has 3 aliphatic carbocycles. The number of allylic oxidation sites excluding steroid dienone is 2. The first-order valence-electron chi connectivity index (χ1n) is 14.7. The number of ether oxygens (including phenoxy) is 5. The highest BCUT2D eigenvalue weighted by atomic mass is 28.3. The zero-order valence-corrected chi connectivity index (χ0v) is 25.2. The van der Waals surface area contributed by atoms with Crippen LogP contribution in [-0.2, 0) is 30.3 Å². The van der Waals surface area contributed by atoms with Gasteiger partial charge in [-0.15, -0.1) is 0 Å². The molecule has 38 heavy (non-hydrogen) atoms. The molecule has 5 nitrogen and oxygen atoms in total. The van der Waals surface area contributed by atoms with Crippen LogP contribution in [0.5, 0.6) is 0 Å². The van der Waals surface area contributed by atoms with Crippen LogP contribution in [0.3, 0.4) is 0 Å². The number of benzene rings is 1. The van der Waals surface area contributed by atoms with Crippen LogP contribution in [0.2, 0.25) is 25.7 Å². The lowest BCUT2D eigenvalue weighted by Gasteiger charge is -2.53. The van der Waals surface area contributed by atoms with Gasteiger partial charge in [0, 0.05) is 31.9 Å². The molecule has 0 amide bonds. The van der Waals surface area contributed by atoms with Crippen LogP contribution in [0.15, 0.2) is 53.8 Å². The quantitative estimate of drug-likeness (QED) is 0.101. The lowest BCUT2D eigenvalue weighted by molar-refractivity contribution is -0.236. The molecule has 4 aliphatic rings. The van der Waals surface area contributed by atoms with Gasteiger partial charge in [-0.3, -0.25) is 0 Å². The van der Waals surface area contributed by atoms with E-state index in [2.05, 4.69) is 63.8 Å². The van der Waals surface area contributed by atoms with Gasteiger partial charge >= 0.3 is 0 Å². The summed E-state index contributed by atoms with van der Waals surface area (Å²) in [5, 5.41) is 0. The Morgan fingerprint density at radius 1 is 1.05 bits per heavy atom. The maximum absolute atomic E-state index is 6.66. The smallest absolute Gasteiger partial charge is 0.174 e. The summed E-state index contributed by atoms with van der Waals surface area (Å²) in [6.45, 7) is 15.0. The molecule has 6 heteroatoms. The lowest BCUT2D eigenvalue weighted by atomic mass is 9.56. The van der Waals surface area contributed by atoms with Crippen molar-refractivity contribution in [1.29, 1.82) is 0 Å². The van der Waals surface area contributed by atoms with Gasteiger partial charge in [-0.25, -0.2) is 0 Å². The van der Waals surface area contributed by atoms with Crippen molar-refractivity contribution in [3.63, 3.8) is 0 Å². The Morgan fingerprint density at radius 3 is 2.55 bits per heavy atom. The summed E-state index contributed by atoms with van der Waals surface area (Å²) in [5.41, 5.74) is 4.06. The Hall–Kier alpha value is -1.44. The van der Waals surface area contributed by atoms with Crippen LogP contribution in [-0.4, -0.2) is 46.6 Å². The zero-order chi connectivity index (χ0) is 26.9. The first-order valence-corrected chi connectivity index (χ1v) is 18.4. The molecule has 1 saturated carbocycles. The minimum absolute atomic E-state index is 0.00928. The van der Waals surface area contributed by atoms with Crippen molar-refractivity contribution in [1.82, 2.24) is 0 Å². The molecule has 4 atom stereocenters. The number of rotatable bonds is 10. The van der Waals surface area contributed by atoms with Gasteiger partial charge in [0.2, 0.25) is 0 Å². The van der Waals surface area contributed by atoms with Gasteiger partial charge in [-0.2, -0.15) is 0 Å². The van der Waals surface area contributed by atoms with Crippen LogP contribution >= 0.6 is 0 Å². The van der Waals surface area contributed by atoms with Crippen LogP contribution in [0.25, 0.3) is 0 Å². The van der Waals surface area contributed by atoms with Crippen LogP contribution in [0, 0.1) is 16.7 Å². The van der Waals surface area contributed by atoms with Gasteiger partial charge in [-0.1, -0.05) is 69.4 Å². The number of fused-ring (bicyclic) bond motifs is 3. The van der Waals surface area contributed by atoms with E-state index in [0.29, 0.717) is 32.5 Å². The van der Waals surface area contributed by atoms with Crippen LogP contribution in [0.1, 0.15) is 57.9 Å². The van der Waals surface area contributed by atoms with Crippen molar-refractivity contribution < 1.29 is 23.7 Å². The summed E-state index contributed by atoms with van der Waals surface area (Å²) in [5.74, 6) is 0.000398. The summed E-state index contributed by atoms with van der Waals surface area (Å²) in [4.78, 5) is 0. The summed E-state index contributed by atoms with van der Waals surface area (Å²) < 4.78 is 31.5. The molecule has 1 spiro atoms. The average molecular weight is 541 g/mol. The number of hydrogen-bond donors (Lipinski definition) is 0. The fraction of sp³-hybridized carbons (Fsp3) is 0.688. The van der Waals surface area contributed by atoms with E-state index in [1.165, 1.54) is 17.6 Å². The summed E-state index contributed by atoms with van der Waals surface area (Å²) >= 11 is 0. The van der Waals surface area contributed by atoms with E-state index in [0.717, 1.165) is 44.8 Å². The Kier molecular flexibility index (Phi) is 8.29. The molecule has 1 heterocycles. The summed E-state index contributed by atoms with van der Waals surface area (Å²) in [6.07, 6.45) is 10.6. The van der Waals surface area contributed by atoms with Crippen LogP contribution < -0.4 is 0 Å². The van der Waals surface area contributed by atoms with Crippen molar-refractivity contribution in [2.24, 2.45) is 16.7 Å². The Bertz CT molecular complexity index is 1010. The minimum atomic E-state index is -1.14. The molecule has 0 unspecified atom stereocenters. The number of hydrogen-bond acceptors (Lipinski definition) is 5. The molecular formula is C32H48O5Si. The largest absolute Gasteiger partial charge is 0.497 e. The van der Waals surface area contributed by atoms with Crippen molar-refractivity contribution in [3.8, 4) is 0 Å². The highest BCUT2D eigenvalue weighted by molar-refractivity contribution is 6.76. The fourth-order valence-electron chi connectivity index (χ4n) is 7.49. The minimum Gasteiger partial charge on any atom is -0.497 e. The molecule has 0 aromatic heterocycles. The lowest BCUT2D eigenvalue weighted by Crippen LogP contribution is -2.53. The van der Waals surface area contributed by atoms with Crippen molar-refractivity contribution in [3.05, 3.63) is 59.4 Å². The normalized spacial score (nSPS) is 32.7. The van der Waals surface area contributed by atoms with Crippen LogP contribution in [0.4, 0.5) is 0 Å². The highest BCUT2D eigenvalue weighted by Gasteiger charge is 2.65. The van der Waals surface area contributed by atoms with E-state index in [1.54, 1.807) is 5.57 Å². The van der Waals surface area contributed by atoms with Gasteiger partial charge in [0.05, 0.1) is 25.6 Å². The molecule has 0 bridgehead atoms. The molecule has 1 aromatic carbocycles. The predicted octanol–water partition coefficient (Wildman–Crippen LogP) is 7.46.